The van der Waals surface area contributed by atoms with Crippen LogP contribution in [0.3, 0.4) is 0 Å². The zero-order valence-corrected chi connectivity index (χ0v) is 10.2. The molecule has 0 aliphatic heterocycles. The number of rotatable bonds is 5. The van der Waals surface area contributed by atoms with Crippen LogP contribution in [0.4, 0.5) is 5.82 Å². The number of sulfone groups is 1. The first-order valence-electron chi connectivity index (χ1n) is 4.79. The van der Waals surface area contributed by atoms with Crippen LogP contribution in [-0.2, 0) is 16.4 Å². The lowest BCUT2D eigenvalue weighted by Crippen LogP contribution is -2.25. The smallest absolute Gasteiger partial charge is 0.148 e. The van der Waals surface area contributed by atoms with E-state index in [1.54, 1.807) is 6.20 Å². The van der Waals surface area contributed by atoms with Gasteiger partial charge in [-0.25, -0.2) is 13.4 Å². The lowest BCUT2D eigenvalue weighted by molar-refractivity contribution is 0.341. The van der Waals surface area contributed by atoms with Gasteiger partial charge in [0, 0.05) is 19.3 Å². The minimum Gasteiger partial charge on any atom is -0.382 e. The van der Waals surface area contributed by atoms with Crippen LogP contribution in [0.5, 0.6) is 0 Å². The summed E-state index contributed by atoms with van der Waals surface area (Å²) in [4.78, 5) is 9.87. The van der Waals surface area contributed by atoms with E-state index < -0.39 is 9.84 Å². The third-order valence-electron chi connectivity index (χ3n) is 2.00. The molecule has 0 aromatic carbocycles. The van der Waals surface area contributed by atoms with Gasteiger partial charge in [0.2, 0.25) is 0 Å². The van der Waals surface area contributed by atoms with Crippen LogP contribution in [0.15, 0.2) is 12.4 Å². The second-order valence-corrected chi connectivity index (χ2v) is 6.06. The Balaban J connectivity index is 2.45. The quantitative estimate of drug-likeness (QED) is 0.753. The Morgan fingerprint density at radius 1 is 1.38 bits per heavy atom. The Morgan fingerprint density at radius 3 is 2.56 bits per heavy atom. The van der Waals surface area contributed by atoms with Crippen molar-refractivity contribution in [2.24, 2.45) is 0 Å². The maximum Gasteiger partial charge on any atom is 0.148 e. The van der Waals surface area contributed by atoms with E-state index in [2.05, 4.69) is 9.97 Å². The first-order valence-corrected chi connectivity index (χ1v) is 6.85. The summed E-state index contributed by atoms with van der Waals surface area (Å²) in [6.07, 6.45) is 4.30. The molecule has 0 amide bonds. The van der Waals surface area contributed by atoms with Gasteiger partial charge in [0.15, 0.2) is 0 Å². The Bertz CT molecular complexity index is 429. The molecular weight excluding hydrogens is 228 g/mol. The first-order chi connectivity index (χ1) is 7.37. The van der Waals surface area contributed by atoms with Crippen LogP contribution in [0, 0.1) is 0 Å². The second-order valence-electron chi connectivity index (χ2n) is 3.80. The maximum absolute atomic E-state index is 11.0. The molecule has 0 atom stereocenters. The predicted octanol–water partition coefficient (Wildman–Crippen LogP) is -0.465. The van der Waals surface area contributed by atoms with Crippen molar-refractivity contribution in [2.45, 2.75) is 6.54 Å². The Labute approximate surface area is 95.4 Å². The summed E-state index contributed by atoms with van der Waals surface area (Å²) in [5.41, 5.74) is 6.18. The average Bonchev–Trinajstić information content (AvgIpc) is 2.18. The number of nitrogens with two attached hydrogens (primary N) is 1. The second kappa shape index (κ2) is 5.22. The van der Waals surface area contributed by atoms with E-state index in [4.69, 9.17) is 5.73 Å². The van der Waals surface area contributed by atoms with Gasteiger partial charge in [-0.2, -0.15) is 0 Å². The molecule has 0 saturated carbocycles. The van der Waals surface area contributed by atoms with Gasteiger partial charge in [0.1, 0.15) is 15.7 Å². The van der Waals surface area contributed by atoms with E-state index in [0.717, 1.165) is 5.69 Å². The monoisotopic (exact) mass is 244 g/mol. The number of nitrogen functional groups attached to an aromatic ring is 1. The SMILES string of the molecule is CN(CCS(C)(=O)=O)Cc1cnc(N)cn1. The number of hydrogen-bond donors (Lipinski definition) is 1. The lowest BCUT2D eigenvalue weighted by atomic mass is 10.4. The third kappa shape index (κ3) is 5.04. The summed E-state index contributed by atoms with van der Waals surface area (Å²) in [5.74, 6) is 0.522. The maximum atomic E-state index is 11.0. The highest BCUT2D eigenvalue weighted by molar-refractivity contribution is 7.90. The Hall–Kier alpha value is -1.21. The molecule has 1 heterocycles. The van der Waals surface area contributed by atoms with Crippen LogP contribution in [-0.4, -0.2) is 48.9 Å². The largest absolute Gasteiger partial charge is 0.382 e. The molecule has 0 fully saturated rings. The van der Waals surface area contributed by atoms with Crippen molar-refractivity contribution in [1.82, 2.24) is 14.9 Å². The highest BCUT2D eigenvalue weighted by Crippen LogP contribution is 2.00. The predicted molar refractivity (Wildman–Crippen MR) is 62.5 cm³/mol. The standard InChI is InChI=1S/C9H16N4O2S/c1-13(3-4-16(2,14)15)7-8-5-12-9(10)6-11-8/h5-6H,3-4,7H2,1-2H3,(H2,10,12). The molecular formula is C9H16N4O2S. The average molecular weight is 244 g/mol. The summed E-state index contributed by atoms with van der Waals surface area (Å²) in [5, 5.41) is 0. The van der Waals surface area contributed by atoms with Crippen molar-refractivity contribution in [3.8, 4) is 0 Å². The molecule has 1 aromatic heterocycles. The molecule has 0 spiro atoms. The van der Waals surface area contributed by atoms with Gasteiger partial charge in [-0.05, 0) is 7.05 Å². The van der Waals surface area contributed by atoms with E-state index in [9.17, 15) is 8.42 Å². The van der Waals surface area contributed by atoms with Gasteiger partial charge >= 0.3 is 0 Å². The molecule has 16 heavy (non-hydrogen) atoms. The molecule has 1 aromatic rings. The highest BCUT2D eigenvalue weighted by atomic mass is 32.2. The minimum atomic E-state index is -2.92. The summed E-state index contributed by atoms with van der Waals surface area (Å²) in [7, 11) is -1.08. The van der Waals surface area contributed by atoms with E-state index in [1.165, 1.54) is 12.5 Å². The van der Waals surface area contributed by atoms with Crippen molar-refractivity contribution in [3.05, 3.63) is 18.1 Å². The molecule has 0 bridgehead atoms. The molecule has 90 valence electrons. The molecule has 0 saturated heterocycles. The molecule has 0 aliphatic rings. The number of aromatic nitrogens is 2. The van der Waals surface area contributed by atoms with Gasteiger partial charge < -0.3 is 5.73 Å². The number of nitrogens with zero attached hydrogens (tertiary/aromatic N) is 3. The Morgan fingerprint density at radius 2 is 2.06 bits per heavy atom. The van der Waals surface area contributed by atoms with Crippen LogP contribution in [0.25, 0.3) is 0 Å². The third-order valence-corrected chi connectivity index (χ3v) is 2.93. The molecule has 7 heteroatoms. The summed E-state index contributed by atoms with van der Waals surface area (Å²) >= 11 is 0. The van der Waals surface area contributed by atoms with Crippen molar-refractivity contribution >= 4 is 15.7 Å². The van der Waals surface area contributed by atoms with E-state index in [-0.39, 0.29) is 5.75 Å². The lowest BCUT2D eigenvalue weighted by Gasteiger charge is -2.14. The van der Waals surface area contributed by atoms with Gasteiger partial charge in [-0.3, -0.25) is 9.88 Å². The minimum absolute atomic E-state index is 0.145. The molecule has 0 aliphatic carbocycles. The van der Waals surface area contributed by atoms with Crippen molar-refractivity contribution in [1.29, 1.82) is 0 Å². The van der Waals surface area contributed by atoms with Gasteiger partial charge in [0.25, 0.3) is 0 Å². The van der Waals surface area contributed by atoms with E-state index in [0.29, 0.717) is 18.9 Å². The van der Waals surface area contributed by atoms with Crippen LogP contribution < -0.4 is 5.73 Å². The molecule has 0 unspecified atom stereocenters. The molecule has 2 N–H and O–H groups in total. The fourth-order valence-corrected chi connectivity index (χ4v) is 1.77. The number of anilines is 1. The van der Waals surface area contributed by atoms with Crippen molar-refractivity contribution < 1.29 is 8.42 Å². The van der Waals surface area contributed by atoms with Crippen LogP contribution >= 0.6 is 0 Å². The summed E-state index contributed by atoms with van der Waals surface area (Å²) in [6, 6.07) is 0. The van der Waals surface area contributed by atoms with E-state index in [1.807, 2.05) is 11.9 Å². The van der Waals surface area contributed by atoms with Gasteiger partial charge in [-0.15, -0.1) is 0 Å². The van der Waals surface area contributed by atoms with E-state index >= 15 is 0 Å². The molecule has 6 nitrogen and oxygen atoms in total. The van der Waals surface area contributed by atoms with Crippen LogP contribution in [0.2, 0.25) is 0 Å². The fraction of sp³-hybridized carbons (Fsp3) is 0.556. The number of hydrogen-bond acceptors (Lipinski definition) is 6. The van der Waals surface area contributed by atoms with Gasteiger partial charge in [-0.1, -0.05) is 0 Å². The Kier molecular flexibility index (Phi) is 4.19. The summed E-state index contributed by atoms with van der Waals surface area (Å²) in [6.45, 7) is 1.04. The zero-order chi connectivity index (χ0) is 12.2. The normalized spacial score (nSPS) is 11.9. The van der Waals surface area contributed by atoms with Gasteiger partial charge in [0.05, 0.1) is 23.8 Å². The van der Waals surface area contributed by atoms with Crippen molar-refractivity contribution in [2.75, 3.05) is 31.3 Å². The first kappa shape index (κ1) is 12.9. The summed E-state index contributed by atoms with van der Waals surface area (Å²) < 4.78 is 21.9. The van der Waals surface area contributed by atoms with Crippen molar-refractivity contribution in [3.63, 3.8) is 0 Å². The molecule has 1 rings (SSSR count). The molecule has 0 radical (unpaired) electrons. The fourth-order valence-electron chi connectivity index (χ4n) is 1.12. The topological polar surface area (TPSA) is 89.2 Å². The van der Waals surface area contributed by atoms with Crippen LogP contribution in [0.1, 0.15) is 5.69 Å². The zero-order valence-electron chi connectivity index (χ0n) is 9.42. The highest BCUT2D eigenvalue weighted by Gasteiger charge is 2.06.